The summed E-state index contributed by atoms with van der Waals surface area (Å²) in [5.74, 6) is -0.964. The smallest absolute Gasteiger partial charge is 0.230 e. The maximum absolute atomic E-state index is 13.8. The number of fused-ring (bicyclic) bond motifs is 1. The number of anilines is 1. The quantitative estimate of drug-likeness (QED) is 0.445. The summed E-state index contributed by atoms with van der Waals surface area (Å²) in [4.78, 5) is 17.0. The van der Waals surface area contributed by atoms with Crippen LogP contribution in [0.1, 0.15) is 5.56 Å². The van der Waals surface area contributed by atoms with E-state index < -0.39 is 11.6 Å². The second-order valence-electron chi connectivity index (χ2n) is 6.36. The van der Waals surface area contributed by atoms with Gasteiger partial charge in [0.15, 0.2) is 5.82 Å². The fraction of sp³-hybridized carbons (Fsp3) is 0.0476. The second-order valence-corrected chi connectivity index (χ2v) is 7.18. The number of carbonyl (C=O) groups is 1. The molecule has 0 spiro atoms. The van der Waals surface area contributed by atoms with Crippen LogP contribution < -0.4 is 5.32 Å². The molecule has 2 aromatic heterocycles. The summed E-state index contributed by atoms with van der Waals surface area (Å²) in [6.07, 6.45) is 1.30. The fourth-order valence-corrected chi connectivity index (χ4v) is 3.32. The number of hydrogen-bond acceptors (Lipinski definition) is 2. The Labute approximate surface area is 174 Å². The molecular weight excluding hydrogens is 419 g/mol. The first-order valence-electron chi connectivity index (χ1n) is 8.58. The van der Waals surface area contributed by atoms with E-state index in [4.69, 9.17) is 23.2 Å². The van der Waals surface area contributed by atoms with E-state index in [0.29, 0.717) is 32.5 Å². The van der Waals surface area contributed by atoms with E-state index in [0.717, 1.165) is 0 Å². The molecule has 0 aliphatic carbocycles. The van der Waals surface area contributed by atoms with Crippen LogP contribution in [-0.4, -0.2) is 15.3 Å². The van der Waals surface area contributed by atoms with E-state index >= 15 is 0 Å². The number of amides is 1. The van der Waals surface area contributed by atoms with Gasteiger partial charge in [-0.15, -0.1) is 0 Å². The molecule has 0 unspecified atom stereocenters. The average molecular weight is 432 g/mol. The number of rotatable bonds is 4. The molecule has 1 amide bonds. The molecule has 4 nitrogen and oxygen atoms in total. The molecule has 29 heavy (non-hydrogen) atoms. The minimum absolute atomic E-state index is 0.0436. The van der Waals surface area contributed by atoms with Gasteiger partial charge in [0.25, 0.3) is 0 Å². The molecule has 0 bridgehead atoms. The Morgan fingerprint density at radius 1 is 0.966 bits per heavy atom. The van der Waals surface area contributed by atoms with E-state index in [9.17, 15) is 13.6 Å². The molecule has 146 valence electrons. The van der Waals surface area contributed by atoms with Crippen molar-refractivity contribution in [2.45, 2.75) is 6.42 Å². The maximum Gasteiger partial charge on any atom is 0.230 e. The standard InChI is InChI=1S/C21H13Cl2F2N3O/c22-16-7-1-12(9-17(16)23)10-19(29)27-21-20(13-2-4-14(24)5-3-13)28-11-15(25)6-8-18(28)26-21/h1-9,11H,10H2,(H,27,29). The summed E-state index contributed by atoms with van der Waals surface area (Å²) < 4.78 is 28.7. The van der Waals surface area contributed by atoms with Gasteiger partial charge in [-0.1, -0.05) is 29.3 Å². The molecule has 0 aliphatic heterocycles. The van der Waals surface area contributed by atoms with Crippen LogP contribution in [0, 0.1) is 11.6 Å². The molecule has 4 rings (SSSR count). The number of carbonyl (C=O) groups excluding carboxylic acids is 1. The highest BCUT2D eigenvalue weighted by Gasteiger charge is 2.17. The lowest BCUT2D eigenvalue weighted by molar-refractivity contribution is -0.115. The second kappa shape index (κ2) is 7.81. The summed E-state index contributed by atoms with van der Waals surface area (Å²) in [7, 11) is 0. The molecule has 0 saturated carbocycles. The Morgan fingerprint density at radius 3 is 2.41 bits per heavy atom. The van der Waals surface area contributed by atoms with Crippen LogP contribution in [0.3, 0.4) is 0 Å². The third-order valence-corrected chi connectivity index (χ3v) is 5.05. The van der Waals surface area contributed by atoms with Crippen molar-refractivity contribution in [3.63, 3.8) is 0 Å². The number of benzene rings is 2. The van der Waals surface area contributed by atoms with Crippen LogP contribution in [-0.2, 0) is 11.2 Å². The highest BCUT2D eigenvalue weighted by Crippen LogP contribution is 2.30. The van der Waals surface area contributed by atoms with E-state index in [1.54, 1.807) is 18.2 Å². The van der Waals surface area contributed by atoms with Crippen LogP contribution >= 0.6 is 23.2 Å². The van der Waals surface area contributed by atoms with Crippen LogP contribution in [0.25, 0.3) is 16.9 Å². The number of hydrogen-bond donors (Lipinski definition) is 1. The van der Waals surface area contributed by atoms with Gasteiger partial charge in [0.2, 0.25) is 5.91 Å². The summed E-state index contributed by atoms with van der Waals surface area (Å²) >= 11 is 11.9. The minimum atomic E-state index is -0.466. The van der Waals surface area contributed by atoms with Gasteiger partial charge < -0.3 is 5.32 Å². The van der Waals surface area contributed by atoms with Crippen molar-refractivity contribution in [2.24, 2.45) is 0 Å². The van der Waals surface area contributed by atoms with Crippen LogP contribution in [0.5, 0.6) is 0 Å². The largest absolute Gasteiger partial charge is 0.309 e. The van der Waals surface area contributed by atoms with E-state index in [2.05, 4.69) is 10.3 Å². The molecular formula is C21H13Cl2F2N3O. The van der Waals surface area contributed by atoms with Gasteiger partial charge in [0.1, 0.15) is 17.3 Å². The number of nitrogens with zero attached hydrogens (tertiary/aromatic N) is 2. The molecule has 0 fully saturated rings. The molecule has 0 saturated heterocycles. The van der Waals surface area contributed by atoms with Crippen molar-refractivity contribution in [2.75, 3.05) is 5.32 Å². The Morgan fingerprint density at radius 2 is 1.69 bits per heavy atom. The normalized spacial score (nSPS) is 11.0. The van der Waals surface area contributed by atoms with Gasteiger partial charge in [0, 0.05) is 11.8 Å². The molecule has 0 aliphatic rings. The molecule has 4 aromatic rings. The van der Waals surface area contributed by atoms with Crippen molar-refractivity contribution >= 4 is 40.6 Å². The van der Waals surface area contributed by atoms with Gasteiger partial charge >= 0.3 is 0 Å². The Bertz CT molecular complexity index is 1220. The van der Waals surface area contributed by atoms with Gasteiger partial charge in [-0.05, 0) is 54.1 Å². The van der Waals surface area contributed by atoms with E-state index in [1.165, 1.54) is 47.0 Å². The monoisotopic (exact) mass is 431 g/mol. The fourth-order valence-electron chi connectivity index (χ4n) is 3.00. The van der Waals surface area contributed by atoms with Crippen molar-refractivity contribution < 1.29 is 13.6 Å². The highest BCUT2D eigenvalue weighted by molar-refractivity contribution is 6.42. The Kier molecular flexibility index (Phi) is 5.22. The summed E-state index contributed by atoms with van der Waals surface area (Å²) in [6, 6.07) is 13.4. The topological polar surface area (TPSA) is 46.4 Å². The third kappa shape index (κ3) is 4.09. The van der Waals surface area contributed by atoms with Crippen LogP contribution in [0.2, 0.25) is 10.0 Å². The van der Waals surface area contributed by atoms with Crippen molar-refractivity contribution in [1.82, 2.24) is 9.38 Å². The lowest BCUT2D eigenvalue weighted by Gasteiger charge is -2.08. The SMILES string of the molecule is O=C(Cc1ccc(Cl)c(Cl)c1)Nc1nc2ccc(F)cn2c1-c1ccc(F)cc1. The molecule has 0 radical (unpaired) electrons. The van der Waals surface area contributed by atoms with Gasteiger partial charge in [0.05, 0.1) is 22.2 Å². The van der Waals surface area contributed by atoms with Crippen molar-refractivity contribution in [3.05, 3.63) is 88.0 Å². The number of nitrogens with one attached hydrogen (secondary N) is 1. The first-order chi connectivity index (χ1) is 13.9. The zero-order valence-corrected chi connectivity index (χ0v) is 16.3. The number of pyridine rings is 1. The van der Waals surface area contributed by atoms with Crippen LogP contribution in [0.4, 0.5) is 14.6 Å². The number of halogens is 4. The lowest BCUT2D eigenvalue weighted by atomic mass is 10.1. The highest BCUT2D eigenvalue weighted by atomic mass is 35.5. The average Bonchev–Trinajstić information content (AvgIpc) is 3.02. The lowest BCUT2D eigenvalue weighted by Crippen LogP contribution is -2.15. The molecule has 8 heteroatoms. The third-order valence-electron chi connectivity index (χ3n) is 4.31. The van der Waals surface area contributed by atoms with Gasteiger partial charge in [-0.25, -0.2) is 13.8 Å². The van der Waals surface area contributed by atoms with Gasteiger partial charge in [-0.2, -0.15) is 0 Å². The summed E-state index contributed by atoms with van der Waals surface area (Å²) in [5, 5.41) is 3.51. The number of aromatic nitrogens is 2. The maximum atomic E-state index is 13.8. The first kappa shape index (κ1) is 19.4. The molecule has 1 N–H and O–H groups in total. The zero-order valence-electron chi connectivity index (χ0n) is 14.8. The van der Waals surface area contributed by atoms with Crippen LogP contribution in [0.15, 0.2) is 60.8 Å². The van der Waals surface area contributed by atoms with E-state index in [-0.39, 0.29) is 18.1 Å². The molecule has 2 aromatic carbocycles. The molecule has 2 heterocycles. The summed E-state index contributed by atoms with van der Waals surface area (Å²) in [5.41, 5.74) is 2.14. The Hall–Kier alpha value is -2.96. The number of imidazole rings is 1. The van der Waals surface area contributed by atoms with E-state index in [1.807, 2.05) is 0 Å². The summed E-state index contributed by atoms with van der Waals surface area (Å²) in [6.45, 7) is 0. The first-order valence-corrected chi connectivity index (χ1v) is 9.33. The van der Waals surface area contributed by atoms with Crippen molar-refractivity contribution in [3.8, 4) is 11.3 Å². The van der Waals surface area contributed by atoms with Gasteiger partial charge in [-0.3, -0.25) is 9.20 Å². The van der Waals surface area contributed by atoms with Crippen molar-refractivity contribution in [1.29, 1.82) is 0 Å². The zero-order chi connectivity index (χ0) is 20.5. The predicted octanol–water partition coefficient (Wildman–Crippen LogP) is 5.77. The minimum Gasteiger partial charge on any atom is -0.309 e. The Balaban J connectivity index is 1.70. The molecule has 0 atom stereocenters. The predicted molar refractivity (Wildman–Crippen MR) is 109 cm³/mol.